The Morgan fingerprint density at radius 1 is 1.50 bits per heavy atom. The highest BCUT2D eigenvalue weighted by Gasteiger charge is 2.36. The van der Waals surface area contributed by atoms with Crippen LogP contribution in [0.1, 0.15) is 17.5 Å². The van der Waals surface area contributed by atoms with Crippen LogP contribution in [-0.2, 0) is 14.8 Å². The summed E-state index contributed by atoms with van der Waals surface area (Å²) in [6, 6.07) is 6.37. The van der Waals surface area contributed by atoms with Gasteiger partial charge in [0, 0.05) is 13.1 Å². The van der Waals surface area contributed by atoms with Crippen molar-refractivity contribution in [3.63, 3.8) is 0 Å². The van der Waals surface area contributed by atoms with Gasteiger partial charge in [0.1, 0.15) is 0 Å². The molecule has 1 N–H and O–H groups in total. The minimum atomic E-state index is -3.75. The lowest BCUT2D eigenvalue weighted by Gasteiger charge is -2.17. The zero-order valence-corrected chi connectivity index (χ0v) is 11.7. The fourth-order valence-electron chi connectivity index (χ4n) is 2.23. The fraction of sp³-hybridized carbons (Fsp3) is 0.385. The molecule has 1 aromatic rings. The van der Waals surface area contributed by atoms with E-state index in [9.17, 15) is 13.2 Å². The number of rotatable bonds is 3. The summed E-state index contributed by atoms with van der Waals surface area (Å²) in [6.07, 6.45) is 0.311. The molecule has 1 aliphatic heterocycles. The van der Waals surface area contributed by atoms with Crippen molar-refractivity contribution in [3.8, 4) is 6.07 Å². The number of sulfonamides is 1. The van der Waals surface area contributed by atoms with Crippen molar-refractivity contribution in [2.45, 2.75) is 18.2 Å². The number of aliphatic carboxylic acids is 1. The number of carbonyl (C=O) groups is 1. The highest BCUT2D eigenvalue weighted by Crippen LogP contribution is 2.27. The van der Waals surface area contributed by atoms with Crippen LogP contribution in [0.4, 0.5) is 0 Å². The first kappa shape index (κ1) is 14.5. The molecule has 0 bridgehead atoms. The van der Waals surface area contributed by atoms with Gasteiger partial charge in [-0.1, -0.05) is 6.07 Å². The van der Waals surface area contributed by atoms with Crippen LogP contribution in [0.3, 0.4) is 0 Å². The Morgan fingerprint density at radius 3 is 2.75 bits per heavy atom. The average molecular weight is 294 g/mol. The number of aryl methyl sites for hydroxylation is 1. The summed E-state index contributed by atoms with van der Waals surface area (Å²) in [6.45, 7) is 1.82. The lowest BCUT2D eigenvalue weighted by Crippen LogP contribution is -2.30. The second-order valence-corrected chi connectivity index (χ2v) is 6.69. The molecule has 1 aliphatic rings. The molecule has 0 amide bonds. The Hall–Kier alpha value is -1.91. The molecule has 106 valence electrons. The smallest absolute Gasteiger partial charge is 0.307 e. The molecule has 0 saturated carbocycles. The molecule has 7 heteroatoms. The van der Waals surface area contributed by atoms with E-state index in [0.29, 0.717) is 12.0 Å². The largest absolute Gasteiger partial charge is 0.481 e. The maximum Gasteiger partial charge on any atom is 0.307 e. The Labute approximate surface area is 117 Å². The lowest BCUT2D eigenvalue weighted by molar-refractivity contribution is -0.141. The average Bonchev–Trinajstić information content (AvgIpc) is 2.89. The van der Waals surface area contributed by atoms with E-state index in [-0.39, 0.29) is 23.5 Å². The predicted molar refractivity (Wildman–Crippen MR) is 70.4 cm³/mol. The van der Waals surface area contributed by atoms with Crippen molar-refractivity contribution < 1.29 is 18.3 Å². The molecule has 0 aliphatic carbocycles. The van der Waals surface area contributed by atoms with Gasteiger partial charge in [-0.25, -0.2) is 8.42 Å². The van der Waals surface area contributed by atoms with Crippen molar-refractivity contribution >= 4 is 16.0 Å². The summed E-state index contributed by atoms with van der Waals surface area (Å²) in [5.41, 5.74) is 0.811. The fourth-order valence-corrected chi connectivity index (χ4v) is 3.99. The predicted octanol–water partition coefficient (Wildman–Crippen LogP) is 0.962. The minimum Gasteiger partial charge on any atom is -0.481 e. The maximum absolute atomic E-state index is 12.5. The summed E-state index contributed by atoms with van der Waals surface area (Å²) < 4.78 is 26.2. The Bertz CT molecular complexity index is 691. The van der Waals surface area contributed by atoms with Crippen molar-refractivity contribution in [1.82, 2.24) is 4.31 Å². The monoisotopic (exact) mass is 294 g/mol. The van der Waals surface area contributed by atoms with Gasteiger partial charge in [-0.15, -0.1) is 0 Å². The summed E-state index contributed by atoms with van der Waals surface area (Å²) >= 11 is 0. The number of carboxylic acid groups (broad SMARTS) is 1. The molecular formula is C13H14N2O4S. The lowest BCUT2D eigenvalue weighted by atomic mass is 10.1. The number of carboxylic acids is 1. The number of nitrogens with zero attached hydrogens (tertiary/aromatic N) is 2. The van der Waals surface area contributed by atoms with E-state index in [0.717, 1.165) is 0 Å². The molecule has 0 aromatic heterocycles. The van der Waals surface area contributed by atoms with E-state index in [1.807, 2.05) is 6.07 Å². The minimum absolute atomic E-state index is 0.0200. The van der Waals surface area contributed by atoms with E-state index in [4.69, 9.17) is 10.4 Å². The molecule has 20 heavy (non-hydrogen) atoms. The molecule has 1 saturated heterocycles. The van der Waals surface area contributed by atoms with Gasteiger partial charge in [0.05, 0.1) is 22.4 Å². The molecule has 1 aromatic carbocycles. The quantitative estimate of drug-likeness (QED) is 0.895. The van der Waals surface area contributed by atoms with E-state index in [1.54, 1.807) is 19.1 Å². The maximum atomic E-state index is 12.5. The zero-order valence-electron chi connectivity index (χ0n) is 10.9. The zero-order chi connectivity index (χ0) is 14.9. The van der Waals surface area contributed by atoms with E-state index < -0.39 is 21.9 Å². The summed E-state index contributed by atoms with van der Waals surface area (Å²) in [5.74, 6) is -1.64. The second-order valence-electron chi connectivity index (χ2n) is 4.78. The number of nitriles is 1. The number of hydrogen-bond donors (Lipinski definition) is 1. The van der Waals surface area contributed by atoms with Crippen LogP contribution >= 0.6 is 0 Å². The standard InChI is InChI=1S/C13H14N2O4S/c1-9-2-3-10(7-14)6-12(9)20(18,19)15-5-4-11(8-15)13(16)17/h2-3,6,11H,4-5,8H2,1H3,(H,16,17). The van der Waals surface area contributed by atoms with Crippen LogP contribution < -0.4 is 0 Å². The summed E-state index contributed by atoms with van der Waals surface area (Å²) in [4.78, 5) is 11.0. The van der Waals surface area contributed by atoms with Crippen molar-refractivity contribution in [2.75, 3.05) is 13.1 Å². The topological polar surface area (TPSA) is 98.5 Å². The van der Waals surface area contributed by atoms with Gasteiger partial charge in [-0.3, -0.25) is 4.79 Å². The molecule has 0 spiro atoms. The molecule has 1 fully saturated rings. The molecule has 1 heterocycles. The molecule has 2 rings (SSSR count). The van der Waals surface area contributed by atoms with Crippen LogP contribution in [0.2, 0.25) is 0 Å². The molecular weight excluding hydrogens is 280 g/mol. The first-order chi connectivity index (χ1) is 9.36. The normalized spacial score (nSPS) is 19.7. The summed E-state index contributed by atoms with van der Waals surface area (Å²) in [7, 11) is -3.75. The van der Waals surface area contributed by atoms with Gasteiger partial charge in [0.2, 0.25) is 10.0 Å². The summed E-state index contributed by atoms with van der Waals surface area (Å²) in [5, 5.41) is 17.8. The van der Waals surface area contributed by atoms with Crippen LogP contribution in [0.5, 0.6) is 0 Å². The van der Waals surface area contributed by atoms with Gasteiger partial charge in [-0.05, 0) is 31.0 Å². The van der Waals surface area contributed by atoms with Crippen molar-refractivity contribution in [2.24, 2.45) is 5.92 Å². The first-order valence-electron chi connectivity index (χ1n) is 6.10. The Kier molecular flexibility index (Phi) is 3.79. The van der Waals surface area contributed by atoms with Gasteiger partial charge in [0.25, 0.3) is 0 Å². The highest BCUT2D eigenvalue weighted by atomic mass is 32.2. The van der Waals surface area contributed by atoms with Crippen molar-refractivity contribution in [1.29, 1.82) is 5.26 Å². The third kappa shape index (κ3) is 2.53. The van der Waals surface area contributed by atoms with Gasteiger partial charge >= 0.3 is 5.97 Å². The van der Waals surface area contributed by atoms with Gasteiger partial charge in [-0.2, -0.15) is 9.57 Å². The van der Waals surface area contributed by atoms with E-state index >= 15 is 0 Å². The number of benzene rings is 1. The van der Waals surface area contributed by atoms with Crippen LogP contribution in [0, 0.1) is 24.2 Å². The van der Waals surface area contributed by atoms with Crippen LogP contribution in [0.25, 0.3) is 0 Å². The highest BCUT2D eigenvalue weighted by molar-refractivity contribution is 7.89. The Balaban J connectivity index is 2.37. The molecule has 1 unspecified atom stereocenters. The first-order valence-corrected chi connectivity index (χ1v) is 7.54. The van der Waals surface area contributed by atoms with Crippen LogP contribution in [-0.4, -0.2) is 36.9 Å². The second kappa shape index (κ2) is 5.23. The van der Waals surface area contributed by atoms with E-state index in [1.165, 1.54) is 10.4 Å². The van der Waals surface area contributed by atoms with E-state index in [2.05, 4.69) is 0 Å². The molecule has 0 radical (unpaired) electrons. The molecule has 1 atom stereocenters. The number of hydrogen-bond acceptors (Lipinski definition) is 4. The van der Waals surface area contributed by atoms with Gasteiger partial charge in [0.15, 0.2) is 0 Å². The third-order valence-electron chi connectivity index (χ3n) is 3.44. The van der Waals surface area contributed by atoms with Gasteiger partial charge < -0.3 is 5.11 Å². The molecule has 6 nitrogen and oxygen atoms in total. The SMILES string of the molecule is Cc1ccc(C#N)cc1S(=O)(=O)N1CCC(C(=O)O)C1. The van der Waals surface area contributed by atoms with Crippen molar-refractivity contribution in [3.05, 3.63) is 29.3 Å². The third-order valence-corrected chi connectivity index (χ3v) is 5.44. The van der Waals surface area contributed by atoms with Crippen LogP contribution in [0.15, 0.2) is 23.1 Å². The Morgan fingerprint density at radius 2 is 2.20 bits per heavy atom.